The molecule has 0 spiro atoms. The number of nitrogens with zero attached hydrogens (tertiary/aromatic N) is 3. The van der Waals surface area contributed by atoms with Gasteiger partial charge >= 0.3 is 5.69 Å². The van der Waals surface area contributed by atoms with Crippen LogP contribution in [0.3, 0.4) is 0 Å². The molecule has 8 heteroatoms. The van der Waals surface area contributed by atoms with Gasteiger partial charge in [-0.1, -0.05) is 17.7 Å². The Balaban J connectivity index is 2.76. The van der Waals surface area contributed by atoms with Gasteiger partial charge in [0.2, 0.25) is 5.95 Å². The minimum absolute atomic E-state index is 0.137. The van der Waals surface area contributed by atoms with Crippen LogP contribution in [0.1, 0.15) is 20.8 Å². The van der Waals surface area contributed by atoms with Crippen molar-refractivity contribution >= 4 is 28.7 Å². The molecular weight excluding hydrogens is 294 g/mol. The van der Waals surface area contributed by atoms with Crippen LogP contribution in [0.25, 0.3) is 11.2 Å². The zero-order valence-electron chi connectivity index (χ0n) is 12.4. The van der Waals surface area contributed by atoms with Gasteiger partial charge in [-0.3, -0.25) is 14.3 Å². The number of H-pyrrole nitrogens is 1. The summed E-state index contributed by atoms with van der Waals surface area (Å²) in [5, 5.41) is 3.79. The Morgan fingerprint density at radius 2 is 2.14 bits per heavy atom. The third kappa shape index (κ3) is 3.02. The van der Waals surface area contributed by atoms with Gasteiger partial charge in [0.05, 0.1) is 0 Å². The number of allylic oxidation sites excluding steroid dienone is 2. The van der Waals surface area contributed by atoms with Crippen LogP contribution < -0.4 is 16.6 Å². The van der Waals surface area contributed by atoms with E-state index in [1.165, 1.54) is 4.57 Å². The van der Waals surface area contributed by atoms with Gasteiger partial charge < -0.3 is 9.88 Å². The molecule has 0 bridgehead atoms. The van der Waals surface area contributed by atoms with Crippen LogP contribution >= 0.6 is 11.6 Å². The molecule has 0 radical (unpaired) electrons. The van der Waals surface area contributed by atoms with Crippen LogP contribution in [0.2, 0.25) is 0 Å². The van der Waals surface area contributed by atoms with Crippen molar-refractivity contribution in [2.75, 3.05) is 5.32 Å². The molecule has 21 heavy (non-hydrogen) atoms. The summed E-state index contributed by atoms with van der Waals surface area (Å²) in [4.78, 5) is 30.4. The molecule has 0 fully saturated rings. The number of halogens is 1. The van der Waals surface area contributed by atoms with E-state index in [-0.39, 0.29) is 6.04 Å². The SMILES string of the molecule is CC(Cl)=CCn1c(NC(C)C)nc2c1c(=O)[nH]c(=O)n2C. The molecule has 7 nitrogen and oxygen atoms in total. The minimum Gasteiger partial charge on any atom is -0.353 e. The van der Waals surface area contributed by atoms with E-state index in [4.69, 9.17) is 11.6 Å². The second-order valence-electron chi connectivity index (χ2n) is 5.13. The highest BCUT2D eigenvalue weighted by Gasteiger charge is 2.17. The number of fused-ring (bicyclic) bond motifs is 1. The Morgan fingerprint density at radius 3 is 2.71 bits per heavy atom. The number of imidazole rings is 1. The zero-order valence-corrected chi connectivity index (χ0v) is 13.2. The molecule has 2 N–H and O–H groups in total. The van der Waals surface area contributed by atoms with Crippen molar-refractivity contribution in [3.8, 4) is 0 Å². The number of hydrogen-bond acceptors (Lipinski definition) is 4. The van der Waals surface area contributed by atoms with Gasteiger partial charge in [-0.05, 0) is 20.8 Å². The highest BCUT2D eigenvalue weighted by Crippen LogP contribution is 2.16. The van der Waals surface area contributed by atoms with Gasteiger partial charge in [-0.25, -0.2) is 4.79 Å². The van der Waals surface area contributed by atoms with Gasteiger partial charge in [-0.15, -0.1) is 0 Å². The van der Waals surface area contributed by atoms with Crippen molar-refractivity contribution in [3.63, 3.8) is 0 Å². The molecule has 0 saturated heterocycles. The molecule has 0 atom stereocenters. The molecular formula is C13H18ClN5O2. The average Bonchev–Trinajstić information content (AvgIpc) is 2.72. The maximum Gasteiger partial charge on any atom is 0.329 e. The molecule has 0 saturated carbocycles. The topological polar surface area (TPSA) is 84.7 Å². The number of aromatic nitrogens is 4. The van der Waals surface area contributed by atoms with E-state index >= 15 is 0 Å². The number of aromatic amines is 1. The largest absolute Gasteiger partial charge is 0.353 e. The van der Waals surface area contributed by atoms with Crippen LogP contribution in [0.5, 0.6) is 0 Å². The predicted octanol–water partition coefficient (Wildman–Crippen LogP) is 1.39. The van der Waals surface area contributed by atoms with Crippen molar-refractivity contribution in [1.82, 2.24) is 19.1 Å². The lowest BCUT2D eigenvalue weighted by atomic mass is 10.4. The first kappa shape index (κ1) is 15.4. The molecule has 0 amide bonds. The molecule has 0 aliphatic carbocycles. The maximum atomic E-state index is 12.1. The fourth-order valence-electron chi connectivity index (χ4n) is 2.00. The van der Waals surface area contributed by atoms with Gasteiger partial charge in [0.25, 0.3) is 5.56 Å². The van der Waals surface area contributed by atoms with E-state index in [0.717, 1.165) is 0 Å². The highest BCUT2D eigenvalue weighted by molar-refractivity contribution is 6.29. The van der Waals surface area contributed by atoms with Gasteiger partial charge in [0, 0.05) is 24.7 Å². The summed E-state index contributed by atoms with van der Waals surface area (Å²) >= 11 is 5.87. The van der Waals surface area contributed by atoms with E-state index in [1.54, 1.807) is 24.6 Å². The van der Waals surface area contributed by atoms with E-state index in [1.807, 2.05) is 13.8 Å². The van der Waals surface area contributed by atoms with Gasteiger partial charge in [0.1, 0.15) is 0 Å². The summed E-state index contributed by atoms with van der Waals surface area (Å²) in [6.07, 6.45) is 1.78. The van der Waals surface area contributed by atoms with E-state index in [2.05, 4.69) is 15.3 Å². The lowest BCUT2D eigenvalue weighted by Gasteiger charge is -2.11. The summed E-state index contributed by atoms with van der Waals surface area (Å²) in [7, 11) is 1.57. The predicted molar refractivity (Wildman–Crippen MR) is 84.0 cm³/mol. The number of nitrogens with one attached hydrogen (secondary N) is 2. The van der Waals surface area contributed by atoms with Crippen molar-refractivity contribution in [2.24, 2.45) is 7.05 Å². The number of rotatable bonds is 4. The normalized spacial score (nSPS) is 12.4. The summed E-state index contributed by atoms with van der Waals surface area (Å²) in [5.74, 6) is 0.529. The van der Waals surface area contributed by atoms with Crippen LogP contribution in [0, 0.1) is 0 Å². The van der Waals surface area contributed by atoms with Crippen LogP contribution in [-0.4, -0.2) is 25.1 Å². The molecule has 2 aromatic rings. The van der Waals surface area contributed by atoms with E-state index < -0.39 is 11.2 Å². The molecule has 0 aliphatic heterocycles. The summed E-state index contributed by atoms with van der Waals surface area (Å²) in [6, 6.07) is 0.137. The fourth-order valence-corrected chi connectivity index (χ4v) is 2.07. The maximum absolute atomic E-state index is 12.1. The fraction of sp³-hybridized carbons (Fsp3) is 0.462. The number of hydrogen-bond donors (Lipinski definition) is 2. The molecule has 2 aromatic heterocycles. The summed E-state index contributed by atoms with van der Waals surface area (Å²) < 4.78 is 3.02. The Bertz CT molecular complexity index is 808. The Labute approximate surface area is 126 Å². The van der Waals surface area contributed by atoms with Crippen LogP contribution in [0.15, 0.2) is 20.7 Å². The van der Waals surface area contributed by atoms with Crippen molar-refractivity contribution < 1.29 is 0 Å². The van der Waals surface area contributed by atoms with Crippen molar-refractivity contribution in [3.05, 3.63) is 31.9 Å². The third-order valence-electron chi connectivity index (χ3n) is 2.98. The average molecular weight is 312 g/mol. The van der Waals surface area contributed by atoms with Crippen molar-refractivity contribution in [2.45, 2.75) is 33.4 Å². The second kappa shape index (κ2) is 5.77. The summed E-state index contributed by atoms with van der Waals surface area (Å²) in [6.45, 7) is 6.09. The van der Waals surface area contributed by atoms with Gasteiger partial charge in [-0.2, -0.15) is 4.98 Å². The quantitative estimate of drug-likeness (QED) is 0.893. The van der Waals surface area contributed by atoms with E-state index in [9.17, 15) is 9.59 Å². The van der Waals surface area contributed by atoms with Crippen LogP contribution in [0.4, 0.5) is 5.95 Å². The first-order valence-electron chi connectivity index (χ1n) is 6.59. The molecule has 114 valence electrons. The Kier molecular flexibility index (Phi) is 4.22. The lowest BCUT2D eigenvalue weighted by Crippen LogP contribution is -2.29. The zero-order chi connectivity index (χ0) is 15.7. The Morgan fingerprint density at radius 1 is 1.48 bits per heavy atom. The molecule has 2 rings (SSSR count). The number of aryl methyl sites for hydroxylation is 1. The second-order valence-corrected chi connectivity index (χ2v) is 5.72. The highest BCUT2D eigenvalue weighted by atomic mass is 35.5. The minimum atomic E-state index is -0.489. The molecule has 0 aromatic carbocycles. The smallest absolute Gasteiger partial charge is 0.329 e. The van der Waals surface area contributed by atoms with Crippen LogP contribution in [-0.2, 0) is 13.6 Å². The summed E-state index contributed by atoms with van der Waals surface area (Å²) in [5.41, 5.74) is -0.266. The Hall–Kier alpha value is -2.02. The standard InChI is InChI=1S/C13H18ClN5O2/c1-7(2)15-12-16-10-9(19(12)6-5-8(3)14)11(20)17-13(21)18(10)4/h5,7H,6H2,1-4H3,(H,15,16)(H,17,20,21). The molecule has 2 heterocycles. The monoisotopic (exact) mass is 311 g/mol. The molecule has 0 unspecified atom stereocenters. The first-order valence-corrected chi connectivity index (χ1v) is 6.97. The van der Waals surface area contributed by atoms with Crippen molar-refractivity contribution in [1.29, 1.82) is 0 Å². The third-order valence-corrected chi connectivity index (χ3v) is 3.13. The lowest BCUT2D eigenvalue weighted by molar-refractivity contribution is 0.799. The van der Waals surface area contributed by atoms with Gasteiger partial charge in [0.15, 0.2) is 11.2 Å². The number of anilines is 1. The van der Waals surface area contributed by atoms with E-state index in [0.29, 0.717) is 28.7 Å². The first-order chi connectivity index (χ1) is 9.81. The molecule has 0 aliphatic rings.